The number of hydrogen-bond acceptors (Lipinski definition) is 4. The van der Waals surface area contributed by atoms with Gasteiger partial charge in [-0.05, 0) is 43.9 Å². The average Bonchev–Trinajstić information content (AvgIpc) is 2.69. The maximum Gasteiger partial charge on any atom is 0.227 e. The van der Waals surface area contributed by atoms with Gasteiger partial charge < -0.3 is 20.5 Å². The van der Waals surface area contributed by atoms with E-state index in [1.165, 1.54) is 12.1 Å². The van der Waals surface area contributed by atoms with Gasteiger partial charge in [-0.25, -0.2) is 0 Å². The lowest BCUT2D eigenvalue weighted by Crippen LogP contribution is -2.27. The van der Waals surface area contributed by atoms with Crippen LogP contribution in [0.4, 0.5) is 11.4 Å². The van der Waals surface area contributed by atoms with Crippen LogP contribution in [-0.2, 0) is 9.59 Å². The van der Waals surface area contributed by atoms with Crippen molar-refractivity contribution in [3.63, 3.8) is 0 Å². The number of aromatic carboxylic acids is 1. The molecule has 146 valence electrons. The molecule has 2 saturated carbocycles. The van der Waals surface area contributed by atoms with Crippen LogP contribution in [0.1, 0.15) is 74.6 Å². The minimum Gasteiger partial charge on any atom is -0.545 e. The number of rotatable bonds is 5. The number of anilines is 2. The second-order valence-corrected chi connectivity index (χ2v) is 7.73. The van der Waals surface area contributed by atoms with E-state index >= 15 is 0 Å². The third-order valence-corrected chi connectivity index (χ3v) is 5.66. The zero-order chi connectivity index (χ0) is 19.2. The van der Waals surface area contributed by atoms with Gasteiger partial charge in [0.15, 0.2) is 0 Å². The van der Waals surface area contributed by atoms with Crippen LogP contribution in [-0.4, -0.2) is 17.8 Å². The fraction of sp³-hybridized carbons (Fsp3) is 0.571. The summed E-state index contributed by atoms with van der Waals surface area (Å²) in [5.41, 5.74) is 0.702. The lowest BCUT2D eigenvalue weighted by Gasteiger charge is -2.22. The molecule has 1 aromatic carbocycles. The van der Waals surface area contributed by atoms with E-state index in [9.17, 15) is 19.5 Å². The fourth-order valence-electron chi connectivity index (χ4n) is 4.11. The summed E-state index contributed by atoms with van der Waals surface area (Å²) in [5, 5.41) is 17.0. The molecule has 27 heavy (non-hydrogen) atoms. The molecule has 2 aliphatic carbocycles. The van der Waals surface area contributed by atoms with Gasteiger partial charge in [-0.2, -0.15) is 0 Å². The SMILES string of the molecule is O=C([O-])c1cc(NC(=O)C2CCCCC2)cc(NC(=O)C2CCCCC2)c1. The van der Waals surface area contributed by atoms with Gasteiger partial charge >= 0.3 is 0 Å². The predicted octanol–water partition coefficient (Wildman–Crippen LogP) is 3.09. The molecule has 0 heterocycles. The van der Waals surface area contributed by atoms with Crippen molar-refractivity contribution in [2.75, 3.05) is 10.6 Å². The standard InChI is InChI=1S/C21H28N2O4/c24-19(14-7-3-1-4-8-14)22-17-11-16(21(26)27)12-18(13-17)23-20(25)15-9-5-2-6-10-15/h11-15H,1-10H2,(H,22,24)(H,23,25)(H,26,27)/p-1. The number of carbonyl (C=O) groups excluding carboxylic acids is 3. The van der Waals surface area contributed by atoms with Crippen molar-refractivity contribution in [1.82, 2.24) is 0 Å². The van der Waals surface area contributed by atoms with E-state index in [0.717, 1.165) is 64.2 Å². The van der Waals surface area contributed by atoms with Gasteiger partial charge in [-0.3, -0.25) is 9.59 Å². The third-order valence-electron chi connectivity index (χ3n) is 5.66. The Kier molecular flexibility index (Phi) is 6.48. The molecule has 0 unspecified atom stereocenters. The Morgan fingerprint density at radius 2 is 1.11 bits per heavy atom. The zero-order valence-electron chi connectivity index (χ0n) is 15.6. The summed E-state index contributed by atoms with van der Waals surface area (Å²) in [7, 11) is 0. The van der Waals surface area contributed by atoms with E-state index in [-0.39, 0.29) is 29.2 Å². The molecule has 2 fully saturated rings. The molecule has 2 amide bonds. The van der Waals surface area contributed by atoms with Crippen molar-refractivity contribution in [1.29, 1.82) is 0 Å². The molecule has 2 N–H and O–H groups in total. The van der Waals surface area contributed by atoms with Crippen molar-refractivity contribution >= 4 is 29.2 Å². The molecule has 0 aliphatic heterocycles. The maximum absolute atomic E-state index is 12.5. The summed E-state index contributed by atoms with van der Waals surface area (Å²) in [4.78, 5) is 36.3. The first kappa shape index (κ1) is 19.4. The first-order chi connectivity index (χ1) is 13.0. The Hall–Kier alpha value is -2.37. The Morgan fingerprint density at radius 3 is 1.48 bits per heavy atom. The molecule has 2 aliphatic rings. The molecular weight excluding hydrogens is 344 g/mol. The topological polar surface area (TPSA) is 98.3 Å². The first-order valence-electron chi connectivity index (χ1n) is 10.0. The number of carboxylic acid groups (broad SMARTS) is 1. The monoisotopic (exact) mass is 371 g/mol. The molecule has 0 bridgehead atoms. The van der Waals surface area contributed by atoms with E-state index in [1.807, 2.05) is 0 Å². The molecule has 1 aromatic rings. The Labute approximate surface area is 159 Å². The van der Waals surface area contributed by atoms with Crippen LogP contribution in [0.15, 0.2) is 18.2 Å². The summed E-state index contributed by atoms with van der Waals surface area (Å²) in [6.45, 7) is 0. The van der Waals surface area contributed by atoms with E-state index in [1.54, 1.807) is 6.07 Å². The normalized spacial score (nSPS) is 18.7. The van der Waals surface area contributed by atoms with Crippen LogP contribution in [0, 0.1) is 11.8 Å². The largest absolute Gasteiger partial charge is 0.545 e. The second-order valence-electron chi connectivity index (χ2n) is 7.73. The molecule has 0 spiro atoms. The lowest BCUT2D eigenvalue weighted by atomic mass is 9.88. The number of nitrogens with one attached hydrogen (secondary N) is 2. The Bertz CT molecular complexity index is 654. The lowest BCUT2D eigenvalue weighted by molar-refractivity contribution is -0.255. The molecule has 0 aromatic heterocycles. The van der Waals surface area contributed by atoms with Crippen molar-refractivity contribution in [2.45, 2.75) is 64.2 Å². The van der Waals surface area contributed by atoms with Crippen molar-refractivity contribution in [3.05, 3.63) is 23.8 Å². The zero-order valence-corrected chi connectivity index (χ0v) is 15.6. The van der Waals surface area contributed by atoms with Gasteiger partial charge in [0.05, 0.1) is 5.97 Å². The van der Waals surface area contributed by atoms with E-state index < -0.39 is 5.97 Å². The van der Waals surface area contributed by atoms with Crippen LogP contribution >= 0.6 is 0 Å². The number of carbonyl (C=O) groups is 3. The van der Waals surface area contributed by atoms with E-state index in [0.29, 0.717) is 11.4 Å². The molecule has 0 radical (unpaired) electrons. The Balaban J connectivity index is 1.72. The average molecular weight is 371 g/mol. The number of benzene rings is 1. The highest BCUT2D eigenvalue weighted by atomic mass is 16.4. The summed E-state index contributed by atoms with van der Waals surface area (Å²) < 4.78 is 0. The first-order valence-corrected chi connectivity index (χ1v) is 10.0. The predicted molar refractivity (Wildman–Crippen MR) is 101 cm³/mol. The van der Waals surface area contributed by atoms with Crippen molar-refractivity contribution < 1.29 is 19.5 Å². The quantitative estimate of drug-likeness (QED) is 0.831. The molecule has 0 atom stereocenters. The van der Waals surface area contributed by atoms with Crippen molar-refractivity contribution in [2.24, 2.45) is 11.8 Å². The maximum atomic E-state index is 12.5. The minimum atomic E-state index is -1.34. The molecular formula is C21H27N2O4-. The number of amides is 2. The smallest absolute Gasteiger partial charge is 0.227 e. The van der Waals surface area contributed by atoms with Gasteiger partial charge in [0.1, 0.15) is 0 Å². The number of carboxylic acids is 1. The fourth-order valence-corrected chi connectivity index (χ4v) is 4.11. The minimum absolute atomic E-state index is 0.0364. The van der Waals surface area contributed by atoms with E-state index in [4.69, 9.17) is 0 Å². The summed E-state index contributed by atoms with van der Waals surface area (Å²) >= 11 is 0. The highest BCUT2D eigenvalue weighted by Crippen LogP contribution is 2.28. The molecule has 0 saturated heterocycles. The second kappa shape index (κ2) is 9.02. The molecule has 6 nitrogen and oxygen atoms in total. The van der Waals surface area contributed by atoms with Gasteiger partial charge in [0.2, 0.25) is 11.8 Å². The summed E-state index contributed by atoms with van der Waals surface area (Å²) in [6, 6.07) is 4.38. The van der Waals surface area contributed by atoms with E-state index in [2.05, 4.69) is 10.6 Å². The molecule has 3 rings (SSSR count). The number of hydrogen-bond donors (Lipinski definition) is 2. The van der Waals surface area contributed by atoms with Crippen LogP contribution < -0.4 is 15.7 Å². The Morgan fingerprint density at radius 1 is 0.704 bits per heavy atom. The van der Waals surface area contributed by atoms with Crippen LogP contribution in [0.25, 0.3) is 0 Å². The highest BCUT2D eigenvalue weighted by Gasteiger charge is 2.23. The van der Waals surface area contributed by atoms with Gasteiger partial charge in [-0.15, -0.1) is 0 Å². The van der Waals surface area contributed by atoms with Gasteiger partial charge in [-0.1, -0.05) is 38.5 Å². The van der Waals surface area contributed by atoms with Crippen LogP contribution in [0.3, 0.4) is 0 Å². The van der Waals surface area contributed by atoms with Crippen LogP contribution in [0.5, 0.6) is 0 Å². The van der Waals surface area contributed by atoms with Gasteiger partial charge in [0.25, 0.3) is 0 Å². The summed E-state index contributed by atoms with van der Waals surface area (Å²) in [5.74, 6) is -1.59. The summed E-state index contributed by atoms with van der Waals surface area (Å²) in [6.07, 6.45) is 9.91. The van der Waals surface area contributed by atoms with Crippen molar-refractivity contribution in [3.8, 4) is 0 Å². The molecule has 6 heteroatoms. The highest BCUT2D eigenvalue weighted by molar-refractivity contribution is 5.98. The van der Waals surface area contributed by atoms with Gasteiger partial charge in [0, 0.05) is 28.8 Å². The van der Waals surface area contributed by atoms with Crippen LogP contribution in [0.2, 0.25) is 0 Å². The third kappa shape index (κ3) is 5.31.